The van der Waals surface area contributed by atoms with Crippen molar-refractivity contribution in [3.63, 3.8) is 0 Å². The fraction of sp³-hybridized carbons (Fsp3) is 1.00. The van der Waals surface area contributed by atoms with Gasteiger partial charge < -0.3 is 5.32 Å². The number of nitrogens with one attached hydrogen (secondary N) is 1. The highest BCUT2D eigenvalue weighted by atomic mass is 32.2. The second kappa shape index (κ2) is 4.54. The average molecular weight is 259 g/mol. The van der Waals surface area contributed by atoms with Crippen LogP contribution in [0.5, 0.6) is 0 Å². The highest BCUT2D eigenvalue weighted by molar-refractivity contribution is 7.90. The first-order valence-electron chi connectivity index (χ1n) is 6.71. The topological polar surface area (TPSA) is 46.2 Å². The van der Waals surface area contributed by atoms with Crippen molar-refractivity contribution in [1.82, 2.24) is 5.32 Å². The number of rotatable bonds is 5. The van der Waals surface area contributed by atoms with Crippen LogP contribution in [-0.2, 0) is 9.84 Å². The second-order valence-electron chi connectivity index (χ2n) is 6.69. The Morgan fingerprint density at radius 2 is 1.94 bits per heavy atom. The van der Waals surface area contributed by atoms with Crippen molar-refractivity contribution in [1.29, 1.82) is 0 Å². The van der Waals surface area contributed by atoms with E-state index in [2.05, 4.69) is 19.2 Å². The summed E-state index contributed by atoms with van der Waals surface area (Å²) in [7, 11) is -2.84. The summed E-state index contributed by atoms with van der Waals surface area (Å²) in [6.07, 6.45) is 7.49. The zero-order valence-corrected chi connectivity index (χ0v) is 12.0. The van der Waals surface area contributed by atoms with Crippen molar-refractivity contribution in [3.05, 3.63) is 0 Å². The second-order valence-corrected chi connectivity index (χ2v) is 8.95. The van der Waals surface area contributed by atoms with E-state index in [9.17, 15) is 8.42 Å². The van der Waals surface area contributed by atoms with E-state index in [1.807, 2.05) is 0 Å². The van der Waals surface area contributed by atoms with E-state index in [4.69, 9.17) is 0 Å². The van der Waals surface area contributed by atoms with Crippen LogP contribution in [0.25, 0.3) is 0 Å². The van der Waals surface area contributed by atoms with E-state index in [0.29, 0.717) is 12.5 Å². The normalized spacial score (nSPS) is 33.2. The third kappa shape index (κ3) is 3.68. The Bertz CT molecular complexity index is 375. The van der Waals surface area contributed by atoms with E-state index in [0.717, 1.165) is 11.8 Å². The minimum absolute atomic E-state index is 0.0573. The Kier molecular flexibility index (Phi) is 3.56. The molecule has 3 nitrogen and oxygen atoms in total. The Morgan fingerprint density at radius 1 is 1.24 bits per heavy atom. The molecular formula is C13H25NO2S. The standard InChI is InChI=1S/C13H25NO2S/c1-13(2,6-7-17(3,15)16)14-12-9-10-4-5-11(12)8-10/h10-12,14H,4-9H2,1-3H3. The monoisotopic (exact) mass is 259 g/mol. The summed E-state index contributed by atoms with van der Waals surface area (Å²) in [5, 5.41) is 3.69. The van der Waals surface area contributed by atoms with E-state index < -0.39 is 9.84 Å². The molecule has 3 unspecified atom stereocenters. The van der Waals surface area contributed by atoms with Gasteiger partial charge in [0.2, 0.25) is 0 Å². The van der Waals surface area contributed by atoms with Gasteiger partial charge in [-0.15, -0.1) is 0 Å². The molecule has 2 aliphatic rings. The molecule has 0 radical (unpaired) electrons. The molecule has 0 aromatic rings. The lowest BCUT2D eigenvalue weighted by molar-refractivity contribution is 0.260. The minimum atomic E-state index is -2.84. The van der Waals surface area contributed by atoms with Gasteiger partial charge in [0.05, 0.1) is 5.75 Å². The Morgan fingerprint density at radius 3 is 2.41 bits per heavy atom. The lowest BCUT2D eigenvalue weighted by Gasteiger charge is -2.34. The first kappa shape index (κ1) is 13.3. The predicted molar refractivity (Wildman–Crippen MR) is 70.8 cm³/mol. The maximum Gasteiger partial charge on any atom is 0.147 e. The van der Waals surface area contributed by atoms with Crippen molar-refractivity contribution in [2.75, 3.05) is 12.0 Å². The molecule has 3 atom stereocenters. The molecule has 2 rings (SSSR count). The van der Waals surface area contributed by atoms with Gasteiger partial charge in [-0.05, 0) is 51.4 Å². The lowest BCUT2D eigenvalue weighted by atomic mass is 9.91. The van der Waals surface area contributed by atoms with Crippen LogP contribution in [0.4, 0.5) is 0 Å². The number of hydrogen-bond donors (Lipinski definition) is 1. The molecule has 2 fully saturated rings. The van der Waals surface area contributed by atoms with Gasteiger partial charge in [-0.3, -0.25) is 0 Å². The van der Waals surface area contributed by atoms with Crippen LogP contribution in [0.15, 0.2) is 0 Å². The van der Waals surface area contributed by atoms with Crippen LogP contribution in [0.3, 0.4) is 0 Å². The Labute approximate surface area is 105 Å². The zero-order valence-electron chi connectivity index (χ0n) is 11.2. The van der Waals surface area contributed by atoms with Gasteiger partial charge in [-0.25, -0.2) is 8.42 Å². The molecule has 2 aliphatic carbocycles. The lowest BCUT2D eigenvalue weighted by Crippen LogP contribution is -2.48. The van der Waals surface area contributed by atoms with Gasteiger partial charge in [0.1, 0.15) is 9.84 Å². The number of sulfone groups is 1. The molecule has 0 saturated heterocycles. The van der Waals surface area contributed by atoms with Crippen molar-refractivity contribution in [3.8, 4) is 0 Å². The van der Waals surface area contributed by atoms with Crippen molar-refractivity contribution in [2.45, 2.75) is 57.5 Å². The summed E-state index contributed by atoms with van der Waals surface area (Å²) in [6, 6.07) is 0.628. The molecule has 2 saturated carbocycles. The highest BCUT2D eigenvalue weighted by Crippen LogP contribution is 2.45. The van der Waals surface area contributed by atoms with Crippen LogP contribution in [0, 0.1) is 11.8 Å². The molecule has 0 aliphatic heterocycles. The molecule has 100 valence electrons. The molecule has 2 bridgehead atoms. The Balaban J connectivity index is 1.85. The first-order valence-corrected chi connectivity index (χ1v) is 8.77. The van der Waals surface area contributed by atoms with Crippen LogP contribution in [0.1, 0.15) is 46.0 Å². The molecule has 0 spiro atoms. The van der Waals surface area contributed by atoms with Crippen molar-refractivity contribution in [2.24, 2.45) is 11.8 Å². The third-order valence-corrected chi connectivity index (χ3v) is 5.36. The SMILES string of the molecule is CC(C)(CCS(C)(=O)=O)NC1CC2CCC1C2. The fourth-order valence-electron chi connectivity index (χ4n) is 3.44. The van der Waals surface area contributed by atoms with E-state index in [-0.39, 0.29) is 11.3 Å². The third-order valence-electron chi connectivity index (χ3n) is 4.41. The van der Waals surface area contributed by atoms with Crippen LogP contribution in [-0.4, -0.2) is 32.0 Å². The summed E-state index contributed by atoms with van der Waals surface area (Å²) in [4.78, 5) is 0. The largest absolute Gasteiger partial charge is 0.309 e. The van der Waals surface area contributed by atoms with Gasteiger partial charge in [-0.2, -0.15) is 0 Å². The van der Waals surface area contributed by atoms with Gasteiger partial charge in [0.15, 0.2) is 0 Å². The highest BCUT2D eigenvalue weighted by Gasteiger charge is 2.41. The number of hydrogen-bond acceptors (Lipinski definition) is 3. The molecule has 0 amide bonds. The molecule has 0 aromatic carbocycles. The number of fused-ring (bicyclic) bond motifs is 2. The summed E-state index contributed by atoms with van der Waals surface area (Å²) in [5.74, 6) is 2.06. The van der Waals surface area contributed by atoms with Crippen molar-refractivity contribution >= 4 is 9.84 Å². The molecule has 17 heavy (non-hydrogen) atoms. The van der Waals surface area contributed by atoms with Gasteiger partial charge in [0, 0.05) is 17.8 Å². The van der Waals surface area contributed by atoms with Gasteiger partial charge in [0.25, 0.3) is 0 Å². The summed E-state index contributed by atoms with van der Waals surface area (Å²) >= 11 is 0. The van der Waals surface area contributed by atoms with E-state index in [1.165, 1.54) is 31.9 Å². The van der Waals surface area contributed by atoms with Gasteiger partial charge >= 0.3 is 0 Å². The summed E-state index contributed by atoms with van der Waals surface area (Å²) in [5.41, 5.74) is -0.0573. The van der Waals surface area contributed by atoms with E-state index in [1.54, 1.807) is 0 Å². The van der Waals surface area contributed by atoms with Crippen LogP contribution < -0.4 is 5.32 Å². The first-order chi connectivity index (χ1) is 7.75. The average Bonchev–Trinajstić information content (AvgIpc) is 2.74. The zero-order chi connectivity index (χ0) is 12.7. The smallest absolute Gasteiger partial charge is 0.147 e. The quantitative estimate of drug-likeness (QED) is 0.821. The molecule has 0 heterocycles. The molecule has 0 aromatic heterocycles. The minimum Gasteiger partial charge on any atom is -0.309 e. The molecule has 4 heteroatoms. The fourth-order valence-corrected chi connectivity index (χ4v) is 4.32. The van der Waals surface area contributed by atoms with Crippen LogP contribution in [0.2, 0.25) is 0 Å². The maximum atomic E-state index is 11.2. The van der Waals surface area contributed by atoms with E-state index >= 15 is 0 Å². The van der Waals surface area contributed by atoms with Crippen molar-refractivity contribution < 1.29 is 8.42 Å². The van der Waals surface area contributed by atoms with Crippen LogP contribution >= 0.6 is 0 Å². The van der Waals surface area contributed by atoms with Gasteiger partial charge in [-0.1, -0.05) is 6.42 Å². The predicted octanol–water partition coefficient (Wildman–Crippen LogP) is 1.98. The summed E-state index contributed by atoms with van der Waals surface area (Å²) < 4.78 is 22.4. The molecule has 1 N–H and O–H groups in total. The summed E-state index contributed by atoms with van der Waals surface area (Å²) in [6.45, 7) is 4.26. The maximum absolute atomic E-state index is 11.2. The Hall–Kier alpha value is -0.0900. The molecular weight excluding hydrogens is 234 g/mol.